The maximum absolute atomic E-state index is 12.6. The van der Waals surface area contributed by atoms with Crippen LogP contribution < -0.4 is 10.5 Å². The van der Waals surface area contributed by atoms with Crippen molar-refractivity contribution in [3.05, 3.63) is 45.7 Å². The van der Waals surface area contributed by atoms with Crippen LogP contribution in [0.2, 0.25) is 0 Å². The summed E-state index contributed by atoms with van der Waals surface area (Å²) in [4.78, 5) is 16.8. The molecule has 0 unspecified atom stereocenters. The number of pyridine rings is 1. The van der Waals surface area contributed by atoms with Gasteiger partial charge in [0, 0.05) is 43.3 Å². The maximum Gasteiger partial charge on any atom is 0.252 e. The second-order valence-corrected chi connectivity index (χ2v) is 8.62. The molecule has 1 saturated heterocycles. The van der Waals surface area contributed by atoms with E-state index in [0.29, 0.717) is 30.4 Å². The summed E-state index contributed by atoms with van der Waals surface area (Å²) in [5, 5.41) is 0. The summed E-state index contributed by atoms with van der Waals surface area (Å²) in [5.41, 5.74) is 0.765. The first-order chi connectivity index (χ1) is 10.5. The third-order valence-electron chi connectivity index (χ3n) is 3.68. The number of anilines is 1. The van der Waals surface area contributed by atoms with Crippen LogP contribution in [0.3, 0.4) is 0 Å². The molecular weight excluding hydrogens is 322 g/mol. The first kappa shape index (κ1) is 15.3. The normalized spacial score (nSPS) is 16.9. The number of piperazine rings is 1. The zero-order valence-corrected chi connectivity index (χ0v) is 13.8. The van der Waals surface area contributed by atoms with Crippen molar-refractivity contribution in [3.8, 4) is 0 Å². The Morgan fingerprint density at radius 1 is 1.09 bits per heavy atom. The molecule has 0 aliphatic carbocycles. The van der Waals surface area contributed by atoms with Gasteiger partial charge in [-0.05, 0) is 25.1 Å². The zero-order chi connectivity index (χ0) is 15.7. The van der Waals surface area contributed by atoms with E-state index in [9.17, 15) is 13.2 Å². The Balaban J connectivity index is 1.71. The smallest absolute Gasteiger partial charge is 0.252 e. The molecule has 1 aliphatic rings. The summed E-state index contributed by atoms with van der Waals surface area (Å²) in [6, 6.07) is 6.73. The molecule has 0 atom stereocenters. The monoisotopic (exact) mass is 339 g/mol. The number of hydrogen-bond donors (Lipinski definition) is 1. The van der Waals surface area contributed by atoms with E-state index in [2.05, 4.69) is 9.88 Å². The van der Waals surface area contributed by atoms with Gasteiger partial charge in [-0.1, -0.05) is 0 Å². The van der Waals surface area contributed by atoms with E-state index >= 15 is 0 Å². The van der Waals surface area contributed by atoms with Crippen molar-refractivity contribution in [2.24, 2.45) is 0 Å². The molecule has 0 spiro atoms. The molecule has 0 amide bonds. The van der Waals surface area contributed by atoms with Crippen molar-refractivity contribution in [2.75, 3.05) is 31.1 Å². The molecule has 118 valence electrons. The molecule has 0 bridgehead atoms. The standard InChI is InChI=1S/C14H17N3O3S2/c1-11-2-5-14(21-11)22(19,20)17-8-6-16(7-9-17)12-3-4-13(18)15-10-12/h2-5,10H,6-9H2,1H3,(H,15,18). The average molecular weight is 339 g/mol. The number of nitrogens with zero attached hydrogens (tertiary/aromatic N) is 2. The van der Waals surface area contributed by atoms with Gasteiger partial charge in [0.05, 0.1) is 5.69 Å². The third kappa shape index (κ3) is 2.94. The summed E-state index contributed by atoms with van der Waals surface area (Å²) in [7, 11) is -3.39. The number of rotatable bonds is 3. The molecule has 6 nitrogen and oxygen atoms in total. The van der Waals surface area contributed by atoms with Crippen LogP contribution in [0, 0.1) is 6.92 Å². The molecule has 1 N–H and O–H groups in total. The topological polar surface area (TPSA) is 73.5 Å². The van der Waals surface area contributed by atoms with E-state index in [1.165, 1.54) is 21.7 Å². The van der Waals surface area contributed by atoms with Gasteiger partial charge in [0.25, 0.3) is 10.0 Å². The molecule has 3 rings (SSSR count). The highest BCUT2D eigenvalue weighted by Gasteiger charge is 2.29. The number of aromatic amines is 1. The minimum Gasteiger partial charge on any atom is -0.368 e. The average Bonchev–Trinajstić information content (AvgIpc) is 2.96. The van der Waals surface area contributed by atoms with Crippen LogP contribution >= 0.6 is 11.3 Å². The van der Waals surface area contributed by atoms with Gasteiger partial charge in [-0.15, -0.1) is 11.3 Å². The van der Waals surface area contributed by atoms with Crippen LogP contribution in [0.1, 0.15) is 4.88 Å². The van der Waals surface area contributed by atoms with Crippen LogP contribution in [0.25, 0.3) is 0 Å². The molecular formula is C14H17N3O3S2. The van der Waals surface area contributed by atoms with E-state index in [1.807, 2.05) is 13.0 Å². The maximum atomic E-state index is 12.6. The number of sulfonamides is 1. The Morgan fingerprint density at radius 3 is 2.36 bits per heavy atom. The van der Waals surface area contributed by atoms with E-state index in [1.54, 1.807) is 18.3 Å². The number of H-pyrrole nitrogens is 1. The quantitative estimate of drug-likeness (QED) is 0.913. The number of aromatic nitrogens is 1. The second-order valence-electron chi connectivity index (χ2n) is 5.17. The highest BCUT2D eigenvalue weighted by Crippen LogP contribution is 2.25. The minimum atomic E-state index is -3.39. The molecule has 0 radical (unpaired) electrons. The molecule has 22 heavy (non-hydrogen) atoms. The van der Waals surface area contributed by atoms with Crippen LogP contribution in [0.4, 0.5) is 5.69 Å². The molecule has 1 fully saturated rings. The number of thiophene rings is 1. The lowest BCUT2D eigenvalue weighted by atomic mass is 10.3. The van der Waals surface area contributed by atoms with Crippen LogP contribution in [0.15, 0.2) is 39.5 Å². The van der Waals surface area contributed by atoms with Crippen molar-refractivity contribution in [3.63, 3.8) is 0 Å². The van der Waals surface area contributed by atoms with Gasteiger partial charge in [0.15, 0.2) is 0 Å². The molecule has 2 aromatic heterocycles. The molecule has 3 heterocycles. The predicted octanol–water partition coefficient (Wildman–Crippen LogP) is 1.26. The van der Waals surface area contributed by atoms with Crippen molar-refractivity contribution in [1.82, 2.24) is 9.29 Å². The lowest BCUT2D eigenvalue weighted by molar-refractivity contribution is 0.386. The third-order valence-corrected chi connectivity index (χ3v) is 7.05. The predicted molar refractivity (Wildman–Crippen MR) is 87.1 cm³/mol. The largest absolute Gasteiger partial charge is 0.368 e. The van der Waals surface area contributed by atoms with Gasteiger partial charge in [0.2, 0.25) is 5.56 Å². The van der Waals surface area contributed by atoms with Crippen molar-refractivity contribution < 1.29 is 8.42 Å². The molecule has 8 heteroatoms. The van der Waals surface area contributed by atoms with Crippen LogP contribution in [-0.4, -0.2) is 43.9 Å². The zero-order valence-electron chi connectivity index (χ0n) is 12.2. The summed E-state index contributed by atoms with van der Waals surface area (Å²) < 4.78 is 27.1. The molecule has 2 aromatic rings. The van der Waals surface area contributed by atoms with E-state index < -0.39 is 10.0 Å². The van der Waals surface area contributed by atoms with Gasteiger partial charge < -0.3 is 9.88 Å². The Kier molecular flexibility index (Phi) is 4.07. The summed E-state index contributed by atoms with van der Waals surface area (Å²) >= 11 is 1.30. The van der Waals surface area contributed by atoms with Crippen LogP contribution in [-0.2, 0) is 10.0 Å². The Hall–Kier alpha value is -1.64. The SMILES string of the molecule is Cc1ccc(S(=O)(=O)N2CCN(c3ccc(=O)[nH]c3)CC2)s1. The number of nitrogens with one attached hydrogen (secondary N) is 1. The first-order valence-corrected chi connectivity index (χ1v) is 9.23. The van der Waals surface area contributed by atoms with Crippen LogP contribution in [0.5, 0.6) is 0 Å². The summed E-state index contributed by atoms with van der Waals surface area (Å²) in [6.07, 6.45) is 1.66. The second kappa shape index (κ2) is 5.86. The molecule has 1 aliphatic heterocycles. The number of hydrogen-bond acceptors (Lipinski definition) is 5. The van der Waals surface area contributed by atoms with Gasteiger partial charge in [-0.2, -0.15) is 4.31 Å². The van der Waals surface area contributed by atoms with Gasteiger partial charge >= 0.3 is 0 Å². The van der Waals surface area contributed by atoms with Gasteiger partial charge in [0.1, 0.15) is 4.21 Å². The lowest BCUT2D eigenvalue weighted by Crippen LogP contribution is -2.48. The minimum absolute atomic E-state index is 0.141. The Labute approximate surface area is 133 Å². The van der Waals surface area contributed by atoms with E-state index in [-0.39, 0.29) is 5.56 Å². The Bertz CT molecular complexity index is 797. The fraction of sp³-hybridized carbons (Fsp3) is 0.357. The fourth-order valence-corrected chi connectivity index (χ4v) is 5.32. The lowest BCUT2D eigenvalue weighted by Gasteiger charge is -2.34. The highest BCUT2D eigenvalue weighted by molar-refractivity contribution is 7.91. The van der Waals surface area contributed by atoms with Crippen molar-refractivity contribution >= 4 is 27.0 Å². The van der Waals surface area contributed by atoms with Gasteiger partial charge in [-0.3, -0.25) is 4.79 Å². The molecule has 0 saturated carbocycles. The van der Waals surface area contributed by atoms with Gasteiger partial charge in [-0.25, -0.2) is 8.42 Å². The molecule has 0 aromatic carbocycles. The fourth-order valence-electron chi connectivity index (χ4n) is 2.46. The van der Waals surface area contributed by atoms with E-state index in [4.69, 9.17) is 0 Å². The van der Waals surface area contributed by atoms with E-state index in [0.717, 1.165) is 10.6 Å². The summed E-state index contributed by atoms with van der Waals surface area (Å²) in [5.74, 6) is 0. The van der Waals surface area contributed by atoms with Crippen molar-refractivity contribution in [1.29, 1.82) is 0 Å². The van der Waals surface area contributed by atoms with Crippen molar-refractivity contribution in [2.45, 2.75) is 11.1 Å². The first-order valence-electron chi connectivity index (χ1n) is 6.97. The Morgan fingerprint density at radius 2 is 1.82 bits per heavy atom. The summed E-state index contributed by atoms with van der Waals surface area (Å²) in [6.45, 7) is 4.00. The number of aryl methyl sites for hydroxylation is 1. The highest BCUT2D eigenvalue weighted by atomic mass is 32.2.